The van der Waals surface area contributed by atoms with E-state index in [0.29, 0.717) is 12.5 Å². The molecule has 1 aromatic rings. The number of aromatic nitrogens is 2. The molecule has 2 aliphatic heterocycles. The van der Waals surface area contributed by atoms with Gasteiger partial charge in [-0.25, -0.2) is 9.78 Å². The van der Waals surface area contributed by atoms with Crippen LogP contribution in [0.15, 0.2) is 12.4 Å². The number of amides is 2. The topological polar surface area (TPSA) is 68.2 Å². The van der Waals surface area contributed by atoms with Crippen LogP contribution in [0.3, 0.4) is 0 Å². The fourth-order valence-electron chi connectivity index (χ4n) is 3.08. The molecule has 0 spiro atoms. The average molecular weight is 292 g/mol. The molecule has 6 nitrogen and oxygen atoms in total. The first kappa shape index (κ1) is 14.4. The van der Waals surface area contributed by atoms with E-state index in [2.05, 4.69) is 20.2 Å². The fourth-order valence-corrected chi connectivity index (χ4v) is 3.08. The molecule has 0 saturated carbocycles. The van der Waals surface area contributed by atoms with Crippen LogP contribution in [0, 0.1) is 5.92 Å². The minimum Gasteiger partial charge on any atom is -0.376 e. The molecule has 3 heterocycles. The van der Waals surface area contributed by atoms with E-state index in [-0.39, 0.29) is 12.1 Å². The number of carbonyl (C=O) groups excluding carboxylic acids is 1. The molecule has 1 saturated heterocycles. The number of hydrogen-bond acceptors (Lipinski definition) is 3. The Morgan fingerprint density at radius 3 is 3.10 bits per heavy atom. The van der Waals surface area contributed by atoms with Crippen LogP contribution in [0.25, 0.3) is 0 Å². The third-order valence-electron chi connectivity index (χ3n) is 4.35. The first-order valence-electron chi connectivity index (χ1n) is 7.94. The third kappa shape index (κ3) is 3.97. The van der Waals surface area contributed by atoms with Gasteiger partial charge in [0.2, 0.25) is 0 Å². The SMILES string of the molecule is O=C(NC[C@@H]1CCc2nccn2C1)NC[C@@H]1CCCCO1. The van der Waals surface area contributed by atoms with Crippen LogP contribution in [0.4, 0.5) is 4.79 Å². The van der Waals surface area contributed by atoms with Crippen molar-refractivity contribution in [1.29, 1.82) is 0 Å². The molecule has 1 fully saturated rings. The quantitative estimate of drug-likeness (QED) is 0.879. The highest BCUT2D eigenvalue weighted by atomic mass is 16.5. The van der Waals surface area contributed by atoms with Gasteiger partial charge >= 0.3 is 6.03 Å². The van der Waals surface area contributed by atoms with Gasteiger partial charge in [0.15, 0.2) is 0 Å². The molecule has 6 heteroatoms. The molecule has 2 N–H and O–H groups in total. The standard InChI is InChI=1S/C15H24N4O2/c20-15(18-10-13-3-1-2-8-21-13)17-9-12-4-5-14-16-6-7-19(14)11-12/h6-7,12-13H,1-5,8-11H2,(H2,17,18,20)/t12-,13-/m0/s1. The van der Waals surface area contributed by atoms with Gasteiger partial charge < -0.3 is 19.9 Å². The molecule has 0 unspecified atom stereocenters. The molecule has 0 aliphatic carbocycles. The normalized spacial score (nSPS) is 25.1. The molecule has 0 bridgehead atoms. The lowest BCUT2D eigenvalue weighted by molar-refractivity contribution is 0.0184. The summed E-state index contributed by atoms with van der Waals surface area (Å²) < 4.78 is 7.78. The van der Waals surface area contributed by atoms with E-state index in [1.165, 1.54) is 6.42 Å². The maximum atomic E-state index is 11.8. The lowest BCUT2D eigenvalue weighted by Gasteiger charge is -2.25. The van der Waals surface area contributed by atoms with Crippen LogP contribution in [-0.2, 0) is 17.7 Å². The van der Waals surface area contributed by atoms with Crippen LogP contribution >= 0.6 is 0 Å². The number of rotatable bonds is 4. The van der Waals surface area contributed by atoms with Crippen molar-refractivity contribution < 1.29 is 9.53 Å². The predicted molar refractivity (Wildman–Crippen MR) is 79.0 cm³/mol. The van der Waals surface area contributed by atoms with E-state index >= 15 is 0 Å². The van der Waals surface area contributed by atoms with Crippen molar-refractivity contribution in [3.05, 3.63) is 18.2 Å². The largest absolute Gasteiger partial charge is 0.376 e. The molecule has 0 aromatic carbocycles. The van der Waals surface area contributed by atoms with Crippen molar-refractivity contribution in [2.24, 2.45) is 5.92 Å². The van der Waals surface area contributed by atoms with Crippen LogP contribution in [0.2, 0.25) is 0 Å². The average Bonchev–Trinajstić information content (AvgIpc) is 2.99. The second kappa shape index (κ2) is 6.93. The number of imidazole rings is 1. The van der Waals surface area contributed by atoms with Crippen LogP contribution in [0.5, 0.6) is 0 Å². The molecule has 2 amide bonds. The van der Waals surface area contributed by atoms with Gasteiger partial charge in [-0.1, -0.05) is 0 Å². The van der Waals surface area contributed by atoms with Crippen molar-refractivity contribution in [2.45, 2.75) is 44.8 Å². The maximum absolute atomic E-state index is 11.8. The predicted octanol–water partition coefficient (Wildman–Crippen LogP) is 1.31. The zero-order chi connectivity index (χ0) is 14.5. The van der Waals surface area contributed by atoms with E-state index in [1.807, 2.05) is 12.4 Å². The Balaban J connectivity index is 1.34. The third-order valence-corrected chi connectivity index (χ3v) is 4.35. The molecular formula is C15H24N4O2. The van der Waals surface area contributed by atoms with Crippen molar-refractivity contribution in [3.63, 3.8) is 0 Å². The Labute approximate surface area is 125 Å². The Morgan fingerprint density at radius 1 is 1.33 bits per heavy atom. The molecule has 2 atom stereocenters. The van der Waals surface area contributed by atoms with E-state index in [0.717, 1.165) is 51.2 Å². The smallest absolute Gasteiger partial charge is 0.314 e. The summed E-state index contributed by atoms with van der Waals surface area (Å²) in [5.74, 6) is 1.65. The number of ether oxygens (including phenoxy) is 1. The van der Waals surface area contributed by atoms with Gasteiger partial charge in [0.05, 0.1) is 6.10 Å². The van der Waals surface area contributed by atoms with Crippen molar-refractivity contribution in [3.8, 4) is 0 Å². The Morgan fingerprint density at radius 2 is 2.24 bits per heavy atom. The van der Waals surface area contributed by atoms with Crippen molar-refractivity contribution in [1.82, 2.24) is 20.2 Å². The van der Waals surface area contributed by atoms with Gasteiger partial charge in [-0.3, -0.25) is 0 Å². The highest BCUT2D eigenvalue weighted by Crippen LogP contribution is 2.17. The summed E-state index contributed by atoms with van der Waals surface area (Å²) in [6.45, 7) is 3.10. The van der Waals surface area contributed by atoms with E-state index in [9.17, 15) is 4.79 Å². The number of fused-ring (bicyclic) bond motifs is 1. The van der Waals surface area contributed by atoms with E-state index in [1.54, 1.807) is 0 Å². The Kier molecular flexibility index (Phi) is 4.75. The van der Waals surface area contributed by atoms with Gasteiger partial charge in [0.1, 0.15) is 5.82 Å². The van der Waals surface area contributed by atoms with Gasteiger partial charge in [-0.15, -0.1) is 0 Å². The zero-order valence-corrected chi connectivity index (χ0v) is 12.4. The summed E-state index contributed by atoms with van der Waals surface area (Å²) in [7, 11) is 0. The summed E-state index contributed by atoms with van der Waals surface area (Å²) in [6, 6.07) is -0.0828. The number of nitrogens with zero attached hydrogens (tertiary/aromatic N) is 2. The molecule has 0 radical (unpaired) electrons. The van der Waals surface area contributed by atoms with Crippen LogP contribution < -0.4 is 10.6 Å². The van der Waals surface area contributed by atoms with Crippen molar-refractivity contribution >= 4 is 6.03 Å². The van der Waals surface area contributed by atoms with Gasteiger partial charge in [-0.05, 0) is 31.6 Å². The Hall–Kier alpha value is -1.56. The van der Waals surface area contributed by atoms with E-state index in [4.69, 9.17) is 4.74 Å². The summed E-state index contributed by atoms with van der Waals surface area (Å²) >= 11 is 0. The monoisotopic (exact) mass is 292 g/mol. The first-order valence-corrected chi connectivity index (χ1v) is 7.94. The second-order valence-electron chi connectivity index (χ2n) is 5.98. The van der Waals surface area contributed by atoms with E-state index < -0.39 is 0 Å². The molecule has 1 aromatic heterocycles. The summed E-state index contributed by atoms with van der Waals surface area (Å²) in [4.78, 5) is 16.1. The Bertz CT molecular complexity index is 468. The fraction of sp³-hybridized carbons (Fsp3) is 0.733. The van der Waals surface area contributed by atoms with Gasteiger partial charge in [0, 0.05) is 45.1 Å². The summed E-state index contributed by atoms with van der Waals surface area (Å²) in [5, 5.41) is 5.89. The zero-order valence-electron chi connectivity index (χ0n) is 12.4. The number of urea groups is 1. The number of hydrogen-bond donors (Lipinski definition) is 2. The maximum Gasteiger partial charge on any atom is 0.314 e. The van der Waals surface area contributed by atoms with Crippen molar-refractivity contribution in [2.75, 3.05) is 19.7 Å². The lowest BCUT2D eigenvalue weighted by atomic mass is 9.99. The van der Waals surface area contributed by atoms with Gasteiger partial charge in [0.25, 0.3) is 0 Å². The second-order valence-corrected chi connectivity index (χ2v) is 5.98. The molecule has 116 valence electrons. The highest BCUT2D eigenvalue weighted by molar-refractivity contribution is 5.73. The minimum atomic E-state index is -0.0828. The van der Waals surface area contributed by atoms with Crippen LogP contribution in [0.1, 0.15) is 31.5 Å². The molecule has 21 heavy (non-hydrogen) atoms. The number of aryl methyl sites for hydroxylation is 1. The number of nitrogens with one attached hydrogen (secondary N) is 2. The minimum absolute atomic E-state index is 0.0828. The van der Waals surface area contributed by atoms with Crippen LogP contribution in [-0.4, -0.2) is 41.4 Å². The molecular weight excluding hydrogens is 268 g/mol. The lowest BCUT2D eigenvalue weighted by Crippen LogP contribution is -2.43. The molecule has 2 aliphatic rings. The summed E-state index contributed by atoms with van der Waals surface area (Å²) in [5.41, 5.74) is 0. The van der Waals surface area contributed by atoms with Gasteiger partial charge in [-0.2, -0.15) is 0 Å². The first-order chi connectivity index (χ1) is 10.3. The highest BCUT2D eigenvalue weighted by Gasteiger charge is 2.19. The summed E-state index contributed by atoms with van der Waals surface area (Å²) in [6.07, 6.45) is 9.52. The number of carbonyl (C=O) groups is 1. The molecule has 3 rings (SSSR count).